The number of nitrogens with zero attached hydrogens (tertiary/aromatic N) is 1. The van der Waals surface area contributed by atoms with Gasteiger partial charge in [-0.1, -0.05) is 28.1 Å². The van der Waals surface area contributed by atoms with Crippen molar-refractivity contribution in [1.82, 2.24) is 0 Å². The van der Waals surface area contributed by atoms with Gasteiger partial charge in [-0.05, 0) is 6.16 Å². The Hall–Kier alpha value is 0.320. The Morgan fingerprint density at radius 3 is 2.78 bits per heavy atom. The largest absolute Gasteiger partial charge is 0.288 e. The minimum Gasteiger partial charge on any atom is -0.288 e. The normalized spacial score (nSPS) is 33.1. The van der Waals surface area contributed by atoms with Gasteiger partial charge in [-0.2, -0.15) is 0 Å². The van der Waals surface area contributed by atoms with Crippen molar-refractivity contribution >= 4 is 31.4 Å². The second kappa shape index (κ2) is 3.48. The Labute approximate surface area is 66.0 Å². The molecule has 1 aliphatic rings. The van der Waals surface area contributed by atoms with Gasteiger partial charge in [0, 0.05) is 6.21 Å². The molecule has 1 rings (SSSR count). The fourth-order valence-corrected chi connectivity index (χ4v) is 1.26. The summed E-state index contributed by atoms with van der Waals surface area (Å²) >= 11 is 3.40. The Balaban J connectivity index is 2.48. The van der Waals surface area contributed by atoms with Crippen LogP contribution in [-0.4, -0.2) is 23.2 Å². The average molecular weight is 206 g/mol. The predicted molar refractivity (Wildman–Crippen MR) is 48.7 cm³/mol. The van der Waals surface area contributed by atoms with Crippen LogP contribution in [0.1, 0.15) is 0 Å². The van der Waals surface area contributed by atoms with Crippen LogP contribution in [0.15, 0.2) is 17.1 Å². The molecule has 0 saturated carbocycles. The third-order valence-electron chi connectivity index (χ3n) is 1.18. The lowest BCUT2D eigenvalue weighted by atomic mass is 10.2. The highest BCUT2D eigenvalue weighted by Crippen LogP contribution is 2.08. The van der Waals surface area contributed by atoms with Gasteiger partial charge in [0.2, 0.25) is 0 Å². The molecule has 1 heterocycles. The first-order valence-corrected chi connectivity index (χ1v) is 4.62. The average Bonchev–Trinajstić information content (AvgIpc) is 1.90. The van der Waals surface area contributed by atoms with Gasteiger partial charge >= 0.3 is 0 Å². The highest BCUT2D eigenvalue weighted by Gasteiger charge is 2.04. The topological polar surface area (TPSA) is 12.4 Å². The van der Waals surface area contributed by atoms with Crippen molar-refractivity contribution < 1.29 is 0 Å². The SMILES string of the molecule is PCC1C=C[C@H](Br)C=N1. The van der Waals surface area contributed by atoms with Gasteiger partial charge in [-0.25, -0.2) is 0 Å². The molecule has 0 aliphatic carbocycles. The minimum atomic E-state index is 0.352. The summed E-state index contributed by atoms with van der Waals surface area (Å²) in [6, 6.07) is 0.392. The summed E-state index contributed by atoms with van der Waals surface area (Å²) in [5.41, 5.74) is 0. The summed E-state index contributed by atoms with van der Waals surface area (Å²) in [7, 11) is 2.68. The highest BCUT2D eigenvalue weighted by atomic mass is 79.9. The van der Waals surface area contributed by atoms with Crippen LogP contribution in [0.3, 0.4) is 0 Å². The first-order valence-electron chi connectivity index (χ1n) is 2.88. The Kier molecular flexibility index (Phi) is 2.87. The zero-order chi connectivity index (χ0) is 6.69. The number of aliphatic imine (C=N–C) groups is 1. The number of alkyl halides is 1. The smallest absolute Gasteiger partial charge is 0.0711 e. The van der Waals surface area contributed by atoms with Gasteiger partial charge in [0.25, 0.3) is 0 Å². The van der Waals surface area contributed by atoms with Crippen molar-refractivity contribution in [1.29, 1.82) is 0 Å². The number of allylic oxidation sites excluding steroid dienone is 1. The maximum atomic E-state index is 4.25. The van der Waals surface area contributed by atoms with E-state index in [9.17, 15) is 0 Å². The van der Waals surface area contributed by atoms with Gasteiger partial charge in [-0.15, -0.1) is 9.24 Å². The van der Waals surface area contributed by atoms with Crippen LogP contribution in [0.2, 0.25) is 0 Å². The zero-order valence-corrected chi connectivity index (χ0v) is 7.74. The summed E-state index contributed by atoms with van der Waals surface area (Å²) < 4.78 is 0. The van der Waals surface area contributed by atoms with Gasteiger partial charge in [0.05, 0.1) is 10.9 Å². The highest BCUT2D eigenvalue weighted by molar-refractivity contribution is 9.10. The first-order chi connectivity index (χ1) is 4.33. The van der Waals surface area contributed by atoms with E-state index in [2.05, 4.69) is 42.3 Å². The molecule has 0 saturated heterocycles. The quantitative estimate of drug-likeness (QED) is 0.351. The molecule has 0 bridgehead atoms. The van der Waals surface area contributed by atoms with Crippen LogP contribution in [0.4, 0.5) is 0 Å². The van der Waals surface area contributed by atoms with Crippen molar-refractivity contribution in [3.63, 3.8) is 0 Å². The molecule has 0 amide bonds. The number of hydrogen-bond acceptors (Lipinski definition) is 1. The summed E-state index contributed by atoms with van der Waals surface area (Å²) in [6.07, 6.45) is 7.18. The minimum absolute atomic E-state index is 0.352. The third-order valence-corrected chi connectivity index (χ3v) is 2.20. The summed E-state index contributed by atoms with van der Waals surface area (Å²) in [5, 5.41) is 0. The van der Waals surface area contributed by atoms with E-state index in [1.165, 1.54) is 0 Å². The van der Waals surface area contributed by atoms with E-state index in [-0.39, 0.29) is 0 Å². The van der Waals surface area contributed by atoms with Crippen LogP contribution >= 0.6 is 25.2 Å². The molecular weight excluding hydrogens is 197 g/mol. The zero-order valence-electron chi connectivity index (χ0n) is 5.00. The molecule has 0 radical (unpaired) electrons. The number of hydrogen-bond donors (Lipinski definition) is 0. The maximum Gasteiger partial charge on any atom is 0.0711 e. The van der Waals surface area contributed by atoms with E-state index in [1.807, 2.05) is 6.21 Å². The molecule has 2 unspecified atom stereocenters. The summed E-state index contributed by atoms with van der Waals surface area (Å²) in [4.78, 5) is 4.60. The van der Waals surface area contributed by atoms with E-state index in [0.717, 1.165) is 6.16 Å². The van der Waals surface area contributed by atoms with Crippen molar-refractivity contribution in [3.05, 3.63) is 12.2 Å². The molecule has 0 aromatic heterocycles. The van der Waals surface area contributed by atoms with Gasteiger partial charge in [0.1, 0.15) is 0 Å². The molecule has 0 aromatic carbocycles. The van der Waals surface area contributed by atoms with Gasteiger partial charge in [-0.3, -0.25) is 4.99 Å². The van der Waals surface area contributed by atoms with Crippen molar-refractivity contribution in [2.45, 2.75) is 10.9 Å². The molecule has 3 heteroatoms. The van der Waals surface area contributed by atoms with Crippen LogP contribution in [0.25, 0.3) is 0 Å². The molecule has 0 spiro atoms. The van der Waals surface area contributed by atoms with Crippen LogP contribution in [0.5, 0.6) is 0 Å². The van der Waals surface area contributed by atoms with Gasteiger partial charge in [0.15, 0.2) is 0 Å². The van der Waals surface area contributed by atoms with Gasteiger partial charge < -0.3 is 0 Å². The molecule has 50 valence electrons. The number of dihydropyridines is 1. The lowest BCUT2D eigenvalue weighted by Crippen LogP contribution is -2.10. The summed E-state index contributed by atoms with van der Waals surface area (Å²) in [5.74, 6) is 0. The Bertz CT molecular complexity index is 130. The van der Waals surface area contributed by atoms with Crippen LogP contribution in [0, 0.1) is 0 Å². The molecule has 1 aliphatic heterocycles. The standard InChI is InChI=1S/C6H9BrNP/c7-5-1-2-6(4-9)8-3-5/h1-3,5-6H,4,9H2/t5-,6?/m0/s1. The van der Waals surface area contributed by atoms with Crippen molar-refractivity contribution in [3.8, 4) is 0 Å². The predicted octanol–water partition coefficient (Wildman–Crippen LogP) is 1.63. The lowest BCUT2D eigenvalue weighted by Gasteiger charge is -2.09. The van der Waals surface area contributed by atoms with E-state index in [1.54, 1.807) is 0 Å². The third kappa shape index (κ3) is 2.19. The molecule has 1 nitrogen and oxygen atoms in total. The fourth-order valence-electron chi connectivity index (χ4n) is 0.666. The Morgan fingerprint density at radius 2 is 2.33 bits per heavy atom. The van der Waals surface area contributed by atoms with E-state index in [4.69, 9.17) is 0 Å². The van der Waals surface area contributed by atoms with Crippen LogP contribution in [-0.2, 0) is 0 Å². The fraction of sp³-hybridized carbons (Fsp3) is 0.500. The van der Waals surface area contributed by atoms with Crippen molar-refractivity contribution in [2.24, 2.45) is 4.99 Å². The molecule has 0 N–H and O–H groups in total. The number of halogens is 1. The summed E-state index contributed by atoms with van der Waals surface area (Å²) in [6.45, 7) is 0. The molecule has 3 atom stereocenters. The second-order valence-corrected chi connectivity index (χ2v) is 3.46. The van der Waals surface area contributed by atoms with E-state index in [0.29, 0.717) is 10.9 Å². The van der Waals surface area contributed by atoms with E-state index < -0.39 is 0 Å². The number of rotatable bonds is 1. The second-order valence-electron chi connectivity index (χ2n) is 1.93. The Morgan fingerprint density at radius 1 is 1.56 bits per heavy atom. The monoisotopic (exact) mass is 205 g/mol. The lowest BCUT2D eigenvalue weighted by molar-refractivity contribution is 0.928. The van der Waals surface area contributed by atoms with E-state index >= 15 is 0 Å². The first kappa shape index (κ1) is 7.43. The molecule has 0 aromatic rings. The van der Waals surface area contributed by atoms with Crippen molar-refractivity contribution in [2.75, 3.05) is 6.16 Å². The molecule has 0 fully saturated rings. The maximum absolute atomic E-state index is 4.25. The molecular formula is C6H9BrNP. The molecule has 9 heavy (non-hydrogen) atoms. The van der Waals surface area contributed by atoms with Crippen LogP contribution < -0.4 is 0 Å².